The van der Waals surface area contributed by atoms with Gasteiger partial charge in [0.25, 0.3) is 5.69 Å². The molecular weight excluding hydrogens is 372 g/mol. The Labute approximate surface area is 155 Å². The van der Waals surface area contributed by atoms with Gasteiger partial charge in [0.1, 0.15) is 17.0 Å². The molecule has 0 spiro atoms. The number of aromatic hydroxyl groups is 1. The first-order valence-electron chi connectivity index (χ1n) is 7.76. The summed E-state index contributed by atoms with van der Waals surface area (Å²) in [7, 11) is 0. The molecule has 0 atom stereocenters. The summed E-state index contributed by atoms with van der Waals surface area (Å²) in [5.41, 5.74) is 1.17. The van der Waals surface area contributed by atoms with E-state index in [1.165, 1.54) is 25.1 Å². The van der Waals surface area contributed by atoms with E-state index in [-0.39, 0.29) is 28.3 Å². The molecule has 2 aromatic carbocycles. The Bertz CT molecular complexity index is 1200. The van der Waals surface area contributed by atoms with Crippen molar-refractivity contribution in [2.45, 2.75) is 6.92 Å². The van der Waals surface area contributed by atoms with E-state index >= 15 is 0 Å². The lowest BCUT2D eigenvalue weighted by Crippen LogP contribution is -2.13. The van der Waals surface area contributed by atoms with Crippen molar-refractivity contribution in [2.24, 2.45) is 5.10 Å². The second-order valence-corrected chi connectivity index (χ2v) is 5.69. The van der Waals surface area contributed by atoms with Crippen molar-refractivity contribution < 1.29 is 19.4 Å². The molecule has 0 aliphatic heterocycles. The van der Waals surface area contributed by atoms with Gasteiger partial charge in [-0.3, -0.25) is 25.7 Å². The minimum absolute atomic E-state index is 0.0547. The lowest BCUT2D eigenvalue weighted by Gasteiger charge is -2.05. The molecule has 0 unspecified atom stereocenters. The molecule has 0 amide bonds. The Kier molecular flexibility index (Phi) is 4.73. The molecule has 11 heteroatoms. The highest BCUT2D eigenvalue weighted by Crippen LogP contribution is 2.29. The number of non-ortho nitro benzene ring substituents is 1. The van der Waals surface area contributed by atoms with Gasteiger partial charge in [0.2, 0.25) is 0 Å². The number of hydrazone groups is 1. The first kappa shape index (κ1) is 18.5. The summed E-state index contributed by atoms with van der Waals surface area (Å²) in [6.45, 7) is 1.49. The SMILES string of the molecule is C/C(=N/Nc1ccc([N+](=O)[O-])cc1[N+](=O)[O-])c1cc2ccc(O)cc2oc1=O. The molecule has 28 heavy (non-hydrogen) atoms. The molecule has 0 saturated carbocycles. The van der Waals surface area contributed by atoms with Crippen LogP contribution in [0, 0.1) is 20.2 Å². The van der Waals surface area contributed by atoms with E-state index in [2.05, 4.69) is 10.5 Å². The van der Waals surface area contributed by atoms with E-state index < -0.39 is 26.8 Å². The van der Waals surface area contributed by atoms with Crippen LogP contribution < -0.4 is 11.1 Å². The van der Waals surface area contributed by atoms with Crippen LogP contribution in [0.15, 0.2) is 56.8 Å². The molecule has 3 rings (SSSR count). The zero-order valence-electron chi connectivity index (χ0n) is 14.3. The molecule has 0 saturated heterocycles. The van der Waals surface area contributed by atoms with Gasteiger partial charge < -0.3 is 9.52 Å². The second kappa shape index (κ2) is 7.15. The first-order chi connectivity index (χ1) is 13.3. The number of benzene rings is 2. The summed E-state index contributed by atoms with van der Waals surface area (Å²) in [5, 5.41) is 35.9. The lowest BCUT2D eigenvalue weighted by molar-refractivity contribution is -0.393. The van der Waals surface area contributed by atoms with Crippen molar-refractivity contribution in [3.8, 4) is 5.75 Å². The number of nitro groups is 2. The summed E-state index contributed by atoms with van der Waals surface area (Å²) in [6, 6.07) is 8.84. The highest BCUT2D eigenvalue weighted by molar-refractivity contribution is 6.01. The third-order valence-corrected chi connectivity index (χ3v) is 3.84. The van der Waals surface area contributed by atoms with Crippen molar-refractivity contribution >= 4 is 33.7 Å². The fourth-order valence-electron chi connectivity index (χ4n) is 2.44. The van der Waals surface area contributed by atoms with E-state index in [0.29, 0.717) is 5.39 Å². The first-order valence-corrected chi connectivity index (χ1v) is 7.76. The topological polar surface area (TPSA) is 161 Å². The molecule has 0 aliphatic carbocycles. The van der Waals surface area contributed by atoms with E-state index in [1.807, 2.05) is 0 Å². The number of hydrogen-bond donors (Lipinski definition) is 2. The number of hydrogen-bond acceptors (Lipinski definition) is 9. The summed E-state index contributed by atoms with van der Waals surface area (Å²) in [6.07, 6.45) is 0. The highest BCUT2D eigenvalue weighted by atomic mass is 16.6. The number of nitrogens with zero attached hydrogens (tertiary/aromatic N) is 3. The predicted octanol–water partition coefficient (Wildman–Crippen LogP) is 3.15. The van der Waals surface area contributed by atoms with Crippen molar-refractivity contribution in [1.29, 1.82) is 0 Å². The Morgan fingerprint density at radius 3 is 2.54 bits per heavy atom. The van der Waals surface area contributed by atoms with Gasteiger partial charge in [-0.25, -0.2) is 4.79 Å². The molecule has 0 radical (unpaired) electrons. The number of phenolic OH excluding ortho intramolecular Hbond substituents is 1. The van der Waals surface area contributed by atoms with Crippen LogP contribution in [-0.4, -0.2) is 20.7 Å². The zero-order valence-corrected chi connectivity index (χ0v) is 14.3. The van der Waals surface area contributed by atoms with Crippen LogP contribution in [0.5, 0.6) is 5.75 Å². The third-order valence-electron chi connectivity index (χ3n) is 3.84. The van der Waals surface area contributed by atoms with Gasteiger partial charge in [-0.1, -0.05) is 0 Å². The third kappa shape index (κ3) is 3.62. The van der Waals surface area contributed by atoms with Gasteiger partial charge in [-0.05, 0) is 31.2 Å². The van der Waals surface area contributed by atoms with Crippen LogP contribution in [0.3, 0.4) is 0 Å². The number of anilines is 1. The van der Waals surface area contributed by atoms with Gasteiger partial charge in [0.15, 0.2) is 0 Å². The zero-order chi connectivity index (χ0) is 20.4. The molecule has 0 fully saturated rings. The summed E-state index contributed by atoms with van der Waals surface area (Å²) in [4.78, 5) is 32.6. The molecule has 2 N–H and O–H groups in total. The molecule has 0 bridgehead atoms. The average molecular weight is 384 g/mol. The van der Waals surface area contributed by atoms with Gasteiger partial charge in [0.05, 0.1) is 27.2 Å². The number of rotatable bonds is 5. The van der Waals surface area contributed by atoms with Crippen molar-refractivity contribution in [2.75, 3.05) is 5.43 Å². The maximum absolute atomic E-state index is 12.2. The summed E-state index contributed by atoms with van der Waals surface area (Å²) in [5.74, 6) is -0.0547. The van der Waals surface area contributed by atoms with Crippen LogP contribution >= 0.6 is 0 Å². The molecule has 3 aromatic rings. The normalized spacial score (nSPS) is 11.4. The van der Waals surface area contributed by atoms with E-state index in [0.717, 1.165) is 18.2 Å². The minimum Gasteiger partial charge on any atom is -0.508 e. The Balaban J connectivity index is 1.97. The number of nitrogens with one attached hydrogen (secondary N) is 1. The Morgan fingerprint density at radius 1 is 1.11 bits per heavy atom. The van der Waals surface area contributed by atoms with Gasteiger partial charge >= 0.3 is 11.3 Å². The molecule has 1 heterocycles. The number of phenols is 1. The second-order valence-electron chi connectivity index (χ2n) is 5.69. The van der Waals surface area contributed by atoms with E-state index in [1.54, 1.807) is 6.07 Å². The van der Waals surface area contributed by atoms with Gasteiger partial charge in [-0.2, -0.15) is 5.10 Å². The summed E-state index contributed by atoms with van der Waals surface area (Å²) >= 11 is 0. The van der Waals surface area contributed by atoms with Crippen molar-refractivity contribution in [3.63, 3.8) is 0 Å². The highest BCUT2D eigenvalue weighted by Gasteiger charge is 2.19. The van der Waals surface area contributed by atoms with Crippen LogP contribution in [-0.2, 0) is 0 Å². The van der Waals surface area contributed by atoms with Crippen molar-refractivity contribution in [3.05, 3.63) is 78.7 Å². The van der Waals surface area contributed by atoms with Gasteiger partial charge in [0, 0.05) is 17.5 Å². The predicted molar refractivity (Wildman–Crippen MR) is 99.7 cm³/mol. The lowest BCUT2D eigenvalue weighted by atomic mass is 10.1. The smallest absolute Gasteiger partial charge is 0.345 e. The van der Waals surface area contributed by atoms with Gasteiger partial charge in [-0.15, -0.1) is 0 Å². The quantitative estimate of drug-likeness (QED) is 0.293. The maximum Gasteiger partial charge on any atom is 0.345 e. The molecule has 142 valence electrons. The minimum atomic E-state index is -0.781. The van der Waals surface area contributed by atoms with Crippen LogP contribution in [0.1, 0.15) is 12.5 Å². The average Bonchev–Trinajstić information content (AvgIpc) is 2.65. The molecule has 1 aromatic heterocycles. The number of fused-ring (bicyclic) bond motifs is 1. The van der Waals surface area contributed by atoms with Crippen LogP contribution in [0.25, 0.3) is 11.0 Å². The van der Waals surface area contributed by atoms with Crippen molar-refractivity contribution in [1.82, 2.24) is 0 Å². The largest absolute Gasteiger partial charge is 0.508 e. The summed E-state index contributed by atoms with van der Waals surface area (Å²) < 4.78 is 5.14. The van der Waals surface area contributed by atoms with Crippen LogP contribution in [0.2, 0.25) is 0 Å². The number of nitro benzene ring substituents is 2. The van der Waals surface area contributed by atoms with E-state index in [4.69, 9.17) is 4.42 Å². The standard InChI is InChI=1S/C17H12N4O7/c1-9(13-6-10-2-4-12(22)8-16(10)28-17(13)23)18-19-14-5-3-11(20(24)25)7-15(14)21(26)27/h2-8,19,22H,1H3/b18-9-. The molecule has 0 aliphatic rings. The Morgan fingerprint density at radius 2 is 1.86 bits per heavy atom. The Hall–Kier alpha value is -4.28. The molecular formula is C17H12N4O7. The fraction of sp³-hybridized carbons (Fsp3) is 0.0588. The van der Waals surface area contributed by atoms with Crippen LogP contribution in [0.4, 0.5) is 17.1 Å². The monoisotopic (exact) mass is 384 g/mol. The molecule has 11 nitrogen and oxygen atoms in total. The maximum atomic E-state index is 12.2. The fourth-order valence-corrected chi connectivity index (χ4v) is 2.44. The van der Waals surface area contributed by atoms with E-state index in [9.17, 15) is 30.1 Å².